The number of halogens is 2. The Balaban J connectivity index is 1.66. The molecule has 0 radical (unpaired) electrons. The number of aliphatic imine (C=N–C) groups is 1. The molecular formula is C19H25Cl2N5. The predicted molar refractivity (Wildman–Crippen MR) is 107 cm³/mol. The van der Waals surface area contributed by atoms with E-state index in [9.17, 15) is 0 Å². The van der Waals surface area contributed by atoms with Crippen LogP contribution in [0.15, 0.2) is 35.6 Å². The van der Waals surface area contributed by atoms with Crippen LogP contribution in [0.5, 0.6) is 0 Å². The first-order valence-corrected chi connectivity index (χ1v) is 9.89. The number of nitrogens with two attached hydrogens (primary N) is 1. The first kappa shape index (κ1) is 18.0. The summed E-state index contributed by atoms with van der Waals surface area (Å²) in [4.78, 5) is 9.64. The molecule has 3 heterocycles. The highest BCUT2D eigenvalue weighted by atomic mass is 35.5. The fourth-order valence-corrected chi connectivity index (χ4v) is 4.56. The van der Waals surface area contributed by atoms with Gasteiger partial charge in [0, 0.05) is 36.9 Å². The second-order valence-corrected chi connectivity index (χ2v) is 8.60. The number of nitrogens with zero attached hydrogens (tertiary/aromatic N) is 3. The zero-order valence-corrected chi connectivity index (χ0v) is 16.6. The van der Waals surface area contributed by atoms with E-state index in [0.717, 1.165) is 37.5 Å². The lowest BCUT2D eigenvalue weighted by atomic mass is 9.87. The summed E-state index contributed by atoms with van der Waals surface area (Å²) >= 11 is 12.8. The van der Waals surface area contributed by atoms with Crippen LogP contribution in [-0.4, -0.2) is 46.6 Å². The van der Waals surface area contributed by atoms with E-state index in [2.05, 4.69) is 41.2 Å². The molecule has 7 heteroatoms. The van der Waals surface area contributed by atoms with E-state index in [1.165, 1.54) is 0 Å². The van der Waals surface area contributed by atoms with Gasteiger partial charge in [-0.2, -0.15) is 0 Å². The van der Waals surface area contributed by atoms with Gasteiger partial charge in [0.05, 0.1) is 16.1 Å². The zero-order valence-electron chi connectivity index (χ0n) is 15.1. The Morgan fingerprint density at radius 2 is 2.00 bits per heavy atom. The lowest BCUT2D eigenvalue weighted by Gasteiger charge is -2.46. The molecule has 3 N–H and O–H groups in total. The summed E-state index contributed by atoms with van der Waals surface area (Å²) in [6.07, 6.45) is 6.08. The molecule has 3 unspecified atom stereocenters. The highest BCUT2D eigenvalue weighted by Crippen LogP contribution is 2.40. The van der Waals surface area contributed by atoms with Gasteiger partial charge >= 0.3 is 0 Å². The Morgan fingerprint density at radius 3 is 2.73 bits per heavy atom. The average Bonchev–Trinajstić information content (AvgIpc) is 3.07. The Bertz CT molecular complexity index is 750. The van der Waals surface area contributed by atoms with Gasteiger partial charge < -0.3 is 16.0 Å². The molecule has 0 spiro atoms. The van der Waals surface area contributed by atoms with E-state index in [-0.39, 0.29) is 23.7 Å². The Labute approximate surface area is 164 Å². The van der Waals surface area contributed by atoms with Gasteiger partial charge in [-0.25, -0.2) is 4.99 Å². The summed E-state index contributed by atoms with van der Waals surface area (Å²) in [6.45, 7) is 6.14. The molecular weight excluding hydrogens is 369 g/mol. The summed E-state index contributed by atoms with van der Waals surface area (Å²) in [7, 11) is 0. The van der Waals surface area contributed by atoms with Crippen LogP contribution in [-0.2, 0) is 0 Å². The first-order chi connectivity index (χ1) is 12.4. The third-order valence-corrected chi connectivity index (χ3v) is 6.57. The molecule has 0 aliphatic carbocycles. The fourth-order valence-electron chi connectivity index (χ4n) is 4.13. The SMILES string of the molecule is CC1N=C(N2CCC(C)(N)CC2)N2C=CNC2C1c1cccc(Cl)c1Cl. The topological polar surface area (TPSA) is 56.9 Å². The predicted octanol–water partition coefficient (Wildman–Crippen LogP) is 3.35. The maximum Gasteiger partial charge on any atom is 0.202 e. The molecule has 0 aromatic heterocycles. The molecule has 0 saturated carbocycles. The van der Waals surface area contributed by atoms with Gasteiger partial charge in [-0.05, 0) is 38.3 Å². The molecule has 0 bridgehead atoms. The van der Waals surface area contributed by atoms with E-state index in [1.807, 2.05) is 18.3 Å². The number of likely N-dealkylation sites (tertiary alicyclic amines) is 1. The smallest absolute Gasteiger partial charge is 0.202 e. The third kappa shape index (κ3) is 3.06. The van der Waals surface area contributed by atoms with Crippen molar-refractivity contribution in [2.24, 2.45) is 10.7 Å². The van der Waals surface area contributed by atoms with Crippen LogP contribution < -0.4 is 11.1 Å². The minimum Gasteiger partial charge on any atom is -0.369 e. The van der Waals surface area contributed by atoms with Crippen LogP contribution >= 0.6 is 23.2 Å². The molecule has 1 aromatic rings. The van der Waals surface area contributed by atoms with E-state index >= 15 is 0 Å². The maximum atomic E-state index is 6.53. The van der Waals surface area contributed by atoms with Crippen molar-refractivity contribution in [3.05, 3.63) is 46.2 Å². The number of fused-ring (bicyclic) bond motifs is 1. The summed E-state index contributed by atoms with van der Waals surface area (Å²) in [5, 5.41) is 4.69. The fraction of sp³-hybridized carbons (Fsp3) is 0.526. The summed E-state index contributed by atoms with van der Waals surface area (Å²) in [5.74, 6) is 1.14. The number of nitrogens with one attached hydrogen (secondary N) is 1. The van der Waals surface area contributed by atoms with Gasteiger partial charge in [0.15, 0.2) is 0 Å². The molecule has 3 aliphatic rings. The minimum atomic E-state index is -0.0767. The van der Waals surface area contributed by atoms with Gasteiger partial charge in [-0.1, -0.05) is 35.3 Å². The monoisotopic (exact) mass is 393 g/mol. The van der Waals surface area contributed by atoms with Crippen molar-refractivity contribution >= 4 is 29.2 Å². The molecule has 26 heavy (non-hydrogen) atoms. The summed E-state index contributed by atoms with van der Waals surface area (Å²) in [6, 6.07) is 5.91. The highest BCUT2D eigenvalue weighted by molar-refractivity contribution is 6.42. The Morgan fingerprint density at radius 1 is 1.27 bits per heavy atom. The Hall–Kier alpha value is -1.43. The van der Waals surface area contributed by atoms with Crippen LogP contribution in [0.1, 0.15) is 38.2 Å². The van der Waals surface area contributed by atoms with Crippen molar-refractivity contribution in [3.63, 3.8) is 0 Å². The number of piperidine rings is 1. The van der Waals surface area contributed by atoms with E-state index in [0.29, 0.717) is 10.0 Å². The number of rotatable bonds is 1. The van der Waals surface area contributed by atoms with Crippen LogP contribution in [0.25, 0.3) is 0 Å². The molecule has 140 valence electrons. The number of hydrogen-bond donors (Lipinski definition) is 2. The van der Waals surface area contributed by atoms with Crippen molar-refractivity contribution in [1.82, 2.24) is 15.1 Å². The van der Waals surface area contributed by atoms with Gasteiger partial charge in [0.2, 0.25) is 5.96 Å². The van der Waals surface area contributed by atoms with E-state index in [4.69, 9.17) is 33.9 Å². The lowest BCUT2D eigenvalue weighted by Crippen LogP contribution is -2.58. The normalized spacial score (nSPS) is 30.0. The molecule has 1 aromatic carbocycles. The van der Waals surface area contributed by atoms with Gasteiger partial charge in [-0.15, -0.1) is 0 Å². The molecule has 1 fully saturated rings. The van der Waals surface area contributed by atoms with Crippen molar-refractivity contribution in [2.45, 2.75) is 50.4 Å². The molecule has 5 nitrogen and oxygen atoms in total. The second kappa shape index (κ2) is 6.63. The van der Waals surface area contributed by atoms with Crippen LogP contribution in [0, 0.1) is 0 Å². The summed E-state index contributed by atoms with van der Waals surface area (Å²) < 4.78 is 0. The molecule has 1 saturated heterocycles. The largest absolute Gasteiger partial charge is 0.369 e. The van der Waals surface area contributed by atoms with Gasteiger partial charge in [0.1, 0.15) is 6.17 Å². The zero-order chi connectivity index (χ0) is 18.5. The number of benzene rings is 1. The van der Waals surface area contributed by atoms with Gasteiger partial charge in [0.25, 0.3) is 0 Å². The average molecular weight is 394 g/mol. The number of hydrogen-bond acceptors (Lipinski definition) is 5. The van der Waals surface area contributed by atoms with Crippen molar-refractivity contribution < 1.29 is 0 Å². The Kier molecular flexibility index (Phi) is 4.58. The highest BCUT2D eigenvalue weighted by Gasteiger charge is 2.43. The van der Waals surface area contributed by atoms with Crippen LogP contribution in [0.4, 0.5) is 0 Å². The van der Waals surface area contributed by atoms with E-state index in [1.54, 1.807) is 0 Å². The van der Waals surface area contributed by atoms with Gasteiger partial charge in [-0.3, -0.25) is 4.90 Å². The maximum absolute atomic E-state index is 6.53. The first-order valence-electron chi connectivity index (χ1n) is 9.14. The third-order valence-electron chi connectivity index (χ3n) is 5.74. The van der Waals surface area contributed by atoms with E-state index < -0.39 is 0 Å². The quantitative estimate of drug-likeness (QED) is 0.767. The molecule has 3 aliphatic heterocycles. The minimum absolute atomic E-state index is 0.0767. The molecule has 0 amide bonds. The van der Waals surface area contributed by atoms with Crippen molar-refractivity contribution in [1.29, 1.82) is 0 Å². The summed E-state index contributed by atoms with van der Waals surface area (Å²) in [5.41, 5.74) is 7.26. The molecule has 4 rings (SSSR count). The van der Waals surface area contributed by atoms with Crippen LogP contribution in [0.2, 0.25) is 10.0 Å². The van der Waals surface area contributed by atoms with Crippen molar-refractivity contribution in [3.8, 4) is 0 Å². The second-order valence-electron chi connectivity index (χ2n) is 7.81. The number of guanidine groups is 1. The standard InChI is InChI=1S/C19H25Cl2N5/c1-12-15(13-4-3-5-14(20)16(13)21)17-23-8-11-26(17)18(24-12)25-9-6-19(2,22)7-10-25/h3-5,8,11-12,15,17,23H,6-7,9-10,22H2,1-2H3. The van der Waals surface area contributed by atoms with Crippen LogP contribution in [0.3, 0.4) is 0 Å². The van der Waals surface area contributed by atoms with Crippen molar-refractivity contribution in [2.75, 3.05) is 13.1 Å². The lowest BCUT2D eigenvalue weighted by molar-refractivity contribution is 0.196. The molecule has 3 atom stereocenters.